The normalized spacial score (nSPS) is 10.7. The molecule has 5 heteroatoms. The Morgan fingerprint density at radius 2 is 1.86 bits per heavy atom. The van der Waals surface area contributed by atoms with Gasteiger partial charge in [0.2, 0.25) is 0 Å². The third kappa shape index (κ3) is 6.50. The summed E-state index contributed by atoms with van der Waals surface area (Å²) < 4.78 is 3.17. The van der Waals surface area contributed by atoms with Gasteiger partial charge in [0.15, 0.2) is 0 Å². The van der Waals surface area contributed by atoms with Crippen LogP contribution in [0.5, 0.6) is 0 Å². The monoisotopic (exact) mass is 453 g/mol. The molecule has 0 bridgehead atoms. The van der Waals surface area contributed by atoms with Gasteiger partial charge in [-0.2, -0.15) is 0 Å². The molecular weight excluding hydrogens is 426 g/mol. The molecule has 4 nitrogen and oxygen atoms in total. The molecule has 0 radical (unpaired) electrons. The molecule has 0 saturated carbocycles. The minimum Gasteiger partial charge on any atom is -0.345 e. The number of aromatic nitrogens is 1. The van der Waals surface area contributed by atoms with Gasteiger partial charge < -0.3 is 14.8 Å². The highest BCUT2D eigenvalue weighted by molar-refractivity contribution is 9.10. The van der Waals surface area contributed by atoms with Gasteiger partial charge in [-0.25, -0.2) is 4.79 Å². The Morgan fingerprint density at radius 1 is 1.03 bits per heavy atom. The van der Waals surface area contributed by atoms with Crippen LogP contribution in [0.15, 0.2) is 77.4 Å². The second-order valence-corrected chi connectivity index (χ2v) is 8.10. The number of anilines is 1. The smallest absolute Gasteiger partial charge is 0.322 e. The van der Waals surface area contributed by atoms with Crippen LogP contribution in [0, 0.1) is 0 Å². The van der Waals surface area contributed by atoms with E-state index in [9.17, 15) is 4.79 Å². The van der Waals surface area contributed by atoms with E-state index in [2.05, 4.69) is 75.3 Å². The summed E-state index contributed by atoms with van der Waals surface area (Å²) in [4.78, 5) is 14.9. The first-order valence-corrected chi connectivity index (χ1v) is 10.9. The Hall–Kier alpha value is -2.53. The van der Waals surface area contributed by atoms with Crippen molar-refractivity contribution in [2.75, 3.05) is 11.9 Å². The summed E-state index contributed by atoms with van der Waals surface area (Å²) in [7, 11) is 0. The maximum atomic E-state index is 13.0. The van der Waals surface area contributed by atoms with Crippen LogP contribution in [0.2, 0.25) is 0 Å². The van der Waals surface area contributed by atoms with Crippen molar-refractivity contribution in [1.82, 2.24) is 9.47 Å². The number of amides is 2. The van der Waals surface area contributed by atoms with Crippen LogP contribution in [-0.4, -0.2) is 22.0 Å². The first kappa shape index (κ1) is 21.2. The molecule has 0 unspecified atom stereocenters. The van der Waals surface area contributed by atoms with Crippen molar-refractivity contribution in [1.29, 1.82) is 0 Å². The van der Waals surface area contributed by atoms with Crippen molar-refractivity contribution >= 4 is 27.6 Å². The number of benzene rings is 2. The number of hydrogen-bond donors (Lipinski definition) is 1. The number of carbonyl (C=O) groups excluding carboxylic acids is 1. The van der Waals surface area contributed by atoms with Gasteiger partial charge in [0.05, 0.1) is 6.54 Å². The van der Waals surface area contributed by atoms with Crippen LogP contribution in [0.1, 0.15) is 37.4 Å². The van der Waals surface area contributed by atoms with Gasteiger partial charge in [-0.3, -0.25) is 0 Å². The Bertz CT molecular complexity index is 907. The molecule has 3 rings (SSSR count). The van der Waals surface area contributed by atoms with Gasteiger partial charge in [0.25, 0.3) is 0 Å². The van der Waals surface area contributed by atoms with Crippen LogP contribution in [0.4, 0.5) is 10.5 Å². The molecule has 0 aliphatic heterocycles. The maximum absolute atomic E-state index is 13.0. The van der Waals surface area contributed by atoms with Crippen LogP contribution in [0.25, 0.3) is 0 Å². The van der Waals surface area contributed by atoms with Crippen LogP contribution < -0.4 is 5.32 Å². The number of rotatable bonds is 9. The van der Waals surface area contributed by atoms with Gasteiger partial charge in [-0.15, -0.1) is 0 Å². The van der Waals surface area contributed by atoms with E-state index in [1.165, 1.54) is 5.56 Å². The molecule has 1 N–H and O–H groups in total. The molecule has 3 aromatic rings. The minimum atomic E-state index is -0.0633. The number of unbranched alkanes of at least 4 members (excludes halogenated alkanes) is 2. The van der Waals surface area contributed by atoms with E-state index in [4.69, 9.17) is 0 Å². The van der Waals surface area contributed by atoms with Crippen molar-refractivity contribution in [3.8, 4) is 0 Å². The molecule has 0 aliphatic carbocycles. The standard InChI is InChI=1S/C24H28BrN3O/c1-2-3-7-15-28(24(29)26-22-13-8-12-21(25)17-22)19-23-14-9-16-27(23)18-20-10-5-4-6-11-20/h4-6,8-14,16-17H,2-3,7,15,18-19H2,1H3,(H,26,29). The average molecular weight is 454 g/mol. The molecule has 0 fully saturated rings. The second-order valence-electron chi connectivity index (χ2n) is 7.18. The summed E-state index contributed by atoms with van der Waals surface area (Å²) in [5, 5.41) is 3.04. The fourth-order valence-corrected chi connectivity index (χ4v) is 3.70. The summed E-state index contributed by atoms with van der Waals surface area (Å²) in [6, 6.07) is 22.2. The molecule has 1 aromatic heterocycles. The van der Waals surface area contributed by atoms with Crippen molar-refractivity contribution < 1.29 is 4.79 Å². The summed E-state index contributed by atoms with van der Waals surface area (Å²) in [5.74, 6) is 0. The van der Waals surface area contributed by atoms with E-state index < -0.39 is 0 Å². The molecule has 0 atom stereocenters. The SMILES string of the molecule is CCCCCN(Cc1cccn1Cc1ccccc1)C(=O)Nc1cccc(Br)c1. The molecule has 29 heavy (non-hydrogen) atoms. The summed E-state index contributed by atoms with van der Waals surface area (Å²) in [6.45, 7) is 4.31. The Balaban J connectivity index is 1.72. The minimum absolute atomic E-state index is 0.0633. The van der Waals surface area contributed by atoms with Crippen molar-refractivity contribution in [3.63, 3.8) is 0 Å². The highest BCUT2D eigenvalue weighted by Gasteiger charge is 2.16. The van der Waals surface area contributed by atoms with E-state index in [1.54, 1.807) is 0 Å². The Labute approximate surface area is 181 Å². The molecule has 0 spiro atoms. The topological polar surface area (TPSA) is 37.3 Å². The third-order valence-corrected chi connectivity index (χ3v) is 5.36. The quantitative estimate of drug-likeness (QED) is 0.367. The number of halogens is 1. The summed E-state index contributed by atoms with van der Waals surface area (Å²) >= 11 is 3.46. The Morgan fingerprint density at radius 3 is 2.62 bits per heavy atom. The lowest BCUT2D eigenvalue weighted by molar-refractivity contribution is 0.206. The Kier molecular flexibility index (Phi) is 7.94. The number of nitrogens with zero attached hydrogens (tertiary/aromatic N) is 2. The van der Waals surface area contributed by atoms with Crippen molar-refractivity contribution in [2.45, 2.75) is 39.3 Å². The molecule has 1 heterocycles. The highest BCUT2D eigenvalue weighted by atomic mass is 79.9. The molecule has 0 saturated heterocycles. The van der Waals surface area contributed by atoms with Crippen LogP contribution >= 0.6 is 15.9 Å². The number of urea groups is 1. The van der Waals surface area contributed by atoms with E-state index in [0.717, 1.165) is 48.2 Å². The highest BCUT2D eigenvalue weighted by Crippen LogP contribution is 2.17. The fourth-order valence-electron chi connectivity index (χ4n) is 3.30. The molecular formula is C24H28BrN3O. The van der Waals surface area contributed by atoms with E-state index >= 15 is 0 Å². The lowest BCUT2D eigenvalue weighted by Gasteiger charge is -2.24. The van der Waals surface area contributed by atoms with Crippen molar-refractivity contribution in [3.05, 3.63) is 88.7 Å². The molecule has 152 valence electrons. The second kappa shape index (κ2) is 10.9. The van der Waals surface area contributed by atoms with Gasteiger partial charge in [0.1, 0.15) is 0 Å². The molecule has 2 aromatic carbocycles. The zero-order valence-electron chi connectivity index (χ0n) is 16.9. The van der Waals surface area contributed by atoms with Crippen LogP contribution in [0.3, 0.4) is 0 Å². The van der Waals surface area contributed by atoms with Gasteiger partial charge in [-0.1, -0.05) is 72.1 Å². The number of nitrogens with one attached hydrogen (secondary N) is 1. The fraction of sp³-hybridized carbons (Fsp3) is 0.292. The molecule has 2 amide bonds. The van der Waals surface area contributed by atoms with Crippen molar-refractivity contribution in [2.24, 2.45) is 0 Å². The lowest BCUT2D eigenvalue weighted by Crippen LogP contribution is -2.36. The third-order valence-electron chi connectivity index (χ3n) is 4.87. The van der Waals surface area contributed by atoms with Gasteiger partial charge >= 0.3 is 6.03 Å². The predicted molar refractivity (Wildman–Crippen MR) is 123 cm³/mol. The van der Waals surface area contributed by atoms with Gasteiger partial charge in [-0.05, 0) is 42.3 Å². The van der Waals surface area contributed by atoms with E-state index in [1.807, 2.05) is 35.2 Å². The van der Waals surface area contributed by atoms with Crippen LogP contribution in [-0.2, 0) is 13.1 Å². The maximum Gasteiger partial charge on any atom is 0.322 e. The van der Waals surface area contributed by atoms with E-state index in [0.29, 0.717) is 6.54 Å². The van der Waals surface area contributed by atoms with E-state index in [-0.39, 0.29) is 6.03 Å². The summed E-state index contributed by atoms with van der Waals surface area (Å²) in [5.41, 5.74) is 3.18. The largest absolute Gasteiger partial charge is 0.345 e. The average Bonchev–Trinajstić information content (AvgIpc) is 3.14. The first-order valence-electron chi connectivity index (χ1n) is 10.1. The lowest BCUT2D eigenvalue weighted by atomic mass is 10.2. The van der Waals surface area contributed by atoms with Gasteiger partial charge in [0, 0.05) is 35.1 Å². The number of hydrogen-bond acceptors (Lipinski definition) is 1. The molecule has 0 aliphatic rings. The predicted octanol–water partition coefficient (Wildman–Crippen LogP) is 6.52. The number of carbonyl (C=O) groups is 1. The summed E-state index contributed by atoms with van der Waals surface area (Å²) in [6.07, 6.45) is 5.33. The first-order chi connectivity index (χ1) is 14.2. The zero-order valence-corrected chi connectivity index (χ0v) is 18.4. The zero-order chi connectivity index (χ0) is 20.5.